The lowest BCUT2D eigenvalue weighted by atomic mass is 9.70. The predicted octanol–water partition coefficient (Wildman–Crippen LogP) is 5.31. The van der Waals surface area contributed by atoms with Gasteiger partial charge in [-0.15, -0.1) is 0 Å². The third kappa shape index (κ3) is 3.64. The number of rotatable bonds is 7. The van der Waals surface area contributed by atoms with Gasteiger partial charge in [0.25, 0.3) is 5.69 Å². The van der Waals surface area contributed by atoms with Crippen molar-refractivity contribution in [2.75, 3.05) is 6.54 Å². The number of fused-ring (bicyclic) bond motifs is 2. The van der Waals surface area contributed by atoms with Gasteiger partial charge in [0.15, 0.2) is 0 Å². The first-order valence-corrected chi connectivity index (χ1v) is 11.1. The summed E-state index contributed by atoms with van der Waals surface area (Å²) >= 11 is 0. The Morgan fingerprint density at radius 1 is 1.17 bits per heavy atom. The molecule has 2 fully saturated rings. The van der Waals surface area contributed by atoms with Crippen LogP contribution in [0.25, 0.3) is 0 Å². The van der Waals surface area contributed by atoms with Crippen molar-refractivity contribution in [3.63, 3.8) is 0 Å². The quantitative estimate of drug-likeness (QED) is 0.342. The molecule has 6 heteroatoms. The van der Waals surface area contributed by atoms with E-state index >= 15 is 0 Å². The first-order valence-electron chi connectivity index (χ1n) is 11.1. The number of ether oxygens (including phenoxy) is 1. The normalized spacial score (nSPS) is 29.7. The van der Waals surface area contributed by atoms with Gasteiger partial charge >= 0.3 is 5.97 Å². The fraction of sp³-hybridized carbons (Fsp3) is 0.708. The van der Waals surface area contributed by atoms with Crippen molar-refractivity contribution in [2.45, 2.75) is 79.5 Å². The van der Waals surface area contributed by atoms with Crippen LogP contribution in [-0.4, -0.2) is 40.5 Å². The molecule has 0 radical (unpaired) electrons. The Kier molecular flexibility index (Phi) is 6.02. The lowest BCUT2D eigenvalue weighted by molar-refractivity contribution is -0.384. The van der Waals surface area contributed by atoms with Crippen LogP contribution in [0.1, 0.15) is 71.7 Å². The summed E-state index contributed by atoms with van der Waals surface area (Å²) in [7, 11) is 0. The van der Waals surface area contributed by atoms with E-state index in [0.29, 0.717) is 23.6 Å². The maximum atomic E-state index is 13.0. The minimum atomic E-state index is -0.461. The molecule has 0 spiro atoms. The molecule has 0 saturated heterocycles. The topological polar surface area (TPSA) is 72.7 Å². The third-order valence-electron chi connectivity index (χ3n) is 8.20. The minimum Gasteiger partial charge on any atom is -0.458 e. The summed E-state index contributed by atoms with van der Waals surface area (Å²) in [5.74, 6) is 0.410. The number of hydrogen-bond donors (Lipinski definition) is 0. The molecule has 3 rings (SSSR count). The highest BCUT2D eigenvalue weighted by Crippen LogP contribution is 2.68. The van der Waals surface area contributed by atoms with E-state index in [9.17, 15) is 14.9 Å². The van der Waals surface area contributed by atoms with Gasteiger partial charge < -0.3 is 4.74 Å². The molecule has 4 atom stereocenters. The highest BCUT2D eigenvalue weighted by atomic mass is 16.6. The van der Waals surface area contributed by atoms with Crippen molar-refractivity contribution in [1.82, 2.24) is 4.90 Å². The zero-order valence-electron chi connectivity index (χ0n) is 19.3. The smallest absolute Gasteiger partial charge is 0.338 e. The summed E-state index contributed by atoms with van der Waals surface area (Å²) in [5, 5.41) is 10.9. The van der Waals surface area contributed by atoms with Gasteiger partial charge in [0.05, 0.1) is 10.5 Å². The molecule has 1 aromatic rings. The zero-order valence-corrected chi connectivity index (χ0v) is 19.3. The molecule has 6 nitrogen and oxygen atoms in total. The summed E-state index contributed by atoms with van der Waals surface area (Å²) in [6.45, 7) is 16.7. The molecule has 0 N–H and O–H groups in total. The number of nitro groups is 1. The van der Waals surface area contributed by atoms with Crippen molar-refractivity contribution >= 4 is 11.7 Å². The molecule has 2 aliphatic carbocycles. The Bertz CT molecular complexity index is 794. The largest absolute Gasteiger partial charge is 0.458 e. The zero-order chi connectivity index (χ0) is 22.4. The summed E-state index contributed by atoms with van der Waals surface area (Å²) in [6.07, 6.45) is 2.07. The van der Waals surface area contributed by atoms with Crippen LogP contribution < -0.4 is 0 Å². The molecule has 0 amide bonds. The van der Waals surface area contributed by atoms with E-state index in [1.54, 1.807) is 0 Å². The number of carbonyl (C=O) groups excluding carboxylic acids is 1. The van der Waals surface area contributed by atoms with E-state index in [1.807, 2.05) is 0 Å². The van der Waals surface area contributed by atoms with Crippen molar-refractivity contribution < 1.29 is 14.5 Å². The Balaban J connectivity index is 1.87. The van der Waals surface area contributed by atoms with Crippen LogP contribution in [-0.2, 0) is 4.74 Å². The number of hydrogen-bond acceptors (Lipinski definition) is 5. The third-order valence-corrected chi connectivity index (χ3v) is 8.20. The van der Waals surface area contributed by atoms with Gasteiger partial charge in [0, 0.05) is 42.1 Å². The maximum absolute atomic E-state index is 13.0. The van der Waals surface area contributed by atoms with E-state index in [0.717, 1.165) is 13.0 Å². The Morgan fingerprint density at radius 2 is 1.73 bits per heavy atom. The number of nitrogens with zero attached hydrogens (tertiary/aromatic N) is 2. The summed E-state index contributed by atoms with van der Waals surface area (Å²) in [5.41, 5.74) is 0.367. The predicted molar refractivity (Wildman–Crippen MR) is 117 cm³/mol. The lowest BCUT2D eigenvalue weighted by Gasteiger charge is -2.41. The molecule has 0 aliphatic heterocycles. The lowest BCUT2D eigenvalue weighted by Crippen LogP contribution is -2.47. The Morgan fingerprint density at radius 3 is 2.23 bits per heavy atom. The molecule has 2 bridgehead atoms. The maximum Gasteiger partial charge on any atom is 0.338 e. The van der Waals surface area contributed by atoms with Crippen LogP contribution in [0.3, 0.4) is 0 Å². The van der Waals surface area contributed by atoms with Gasteiger partial charge in [0.1, 0.15) is 6.10 Å². The standard InChI is InChI=1S/C24H36N2O4/c1-15(2)25(16(3)4)14-19-20-12-13-24(7,23(20,5)6)21(19)30-22(27)17-8-10-18(11-9-17)26(28)29/h8-11,15-16,19-21H,12-14H2,1-7H3. The van der Waals surface area contributed by atoms with Gasteiger partial charge in [-0.3, -0.25) is 15.0 Å². The van der Waals surface area contributed by atoms with Crippen LogP contribution in [0, 0.1) is 32.8 Å². The monoisotopic (exact) mass is 416 g/mol. The van der Waals surface area contributed by atoms with E-state index < -0.39 is 4.92 Å². The van der Waals surface area contributed by atoms with E-state index in [1.165, 1.54) is 30.7 Å². The summed E-state index contributed by atoms with van der Waals surface area (Å²) < 4.78 is 6.21. The highest BCUT2D eigenvalue weighted by Gasteiger charge is 2.67. The molecule has 166 valence electrons. The van der Waals surface area contributed by atoms with Crippen molar-refractivity contribution in [3.05, 3.63) is 39.9 Å². The Hall–Kier alpha value is -1.95. The van der Waals surface area contributed by atoms with Crippen LogP contribution in [0.15, 0.2) is 24.3 Å². The van der Waals surface area contributed by atoms with Gasteiger partial charge in [-0.25, -0.2) is 4.79 Å². The van der Waals surface area contributed by atoms with Crippen LogP contribution in [0.2, 0.25) is 0 Å². The second kappa shape index (κ2) is 7.95. The van der Waals surface area contributed by atoms with Crippen LogP contribution >= 0.6 is 0 Å². The summed E-state index contributed by atoms with van der Waals surface area (Å²) in [6, 6.07) is 6.55. The fourth-order valence-electron chi connectivity index (χ4n) is 6.11. The van der Waals surface area contributed by atoms with Crippen LogP contribution in [0.4, 0.5) is 5.69 Å². The molecule has 2 aliphatic rings. The van der Waals surface area contributed by atoms with E-state index in [4.69, 9.17) is 4.74 Å². The molecule has 0 heterocycles. The second-order valence-corrected chi connectivity index (χ2v) is 10.5. The first kappa shape index (κ1) is 22.7. The van der Waals surface area contributed by atoms with E-state index in [-0.39, 0.29) is 34.5 Å². The van der Waals surface area contributed by atoms with Gasteiger partial charge in [-0.2, -0.15) is 0 Å². The van der Waals surface area contributed by atoms with Gasteiger partial charge in [-0.05, 0) is 64.0 Å². The molecule has 30 heavy (non-hydrogen) atoms. The van der Waals surface area contributed by atoms with Crippen molar-refractivity contribution in [3.8, 4) is 0 Å². The molecular formula is C24H36N2O4. The molecule has 2 saturated carbocycles. The van der Waals surface area contributed by atoms with Crippen LogP contribution in [0.5, 0.6) is 0 Å². The number of carbonyl (C=O) groups is 1. The highest BCUT2D eigenvalue weighted by molar-refractivity contribution is 5.89. The molecule has 4 unspecified atom stereocenters. The second-order valence-electron chi connectivity index (χ2n) is 10.5. The van der Waals surface area contributed by atoms with Crippen molar-refractivity contribution in [2.24, 2.45) is 22.7 Å². The van der Waals surface area contributed by atoms with E-state index in [2.05, 4.69) is 53.4 Å². The SMILES string of the molecule is CC(C)N(CC1C2CCC(C)(C1OC(=O)c1ccc([N+](=O)[O-])cc1)C2(C)C)C(C)C. The number of esters is 1. The molecular weight excluding hydrogens is 380 g/mol. The fourth-order valence-corrected chi connectivity index (χ4v) is 6.11. The van der Waals surface area contributed by atoms with Crippen molar-refractivity contribution in [1.29, 1.82) is 0 Å². The number of nitro benzene ring substituents is 1. The average molecular weight is 417 g/mol. The molecule has 0 aromatic heterocycles. The van der Waals surface area contributed by atoms with Gasteiger partial charge in [0.2, 0.25) is 0 Å². The first-order chi connectivity index (χ1) is 13.9. The van der Waals surface area contributed by atoms with Gasteiger partial charge in [-0.1, -0.05) is 20.8 Å². The number of benzene rings is 1. The minimum absolute atomic E-state index is 0.0260. The average Bonchev–Trinajstić information content (AvgIpc) is 2.98. The molecule has 1 aromatic carbocycles. The number of non-ortho nitro benzene ring substituents is 1. The Labute approximate surface area is 180 Å². The summed E-state index contributed by atoms with van der Waals surface area (Å²) in [4.78, 5) is 25.9.